The molecule has 0 bridgehead atoms. The molecule has 5 heteroatoms. The summed E-state index contributed by atoms with van der Waals surface area (Å²) in [5, 5.41) is 4.51. The van der Waals surface area contributed by atoms with Crippen LogP contribution >= 0.6 is 11.6 Å². The van der Waals surface area contributed by atoms with Crippen LogP contribution in [0.1, 0.15) is 25.2 Å². The van der Waals surface area contributed by atoms with E-state index in [0.29, 0.717) is 11.4 Å². The van der Waals surface area contributed by atoms with Crippen molar-refractivity contribution in [1.29, 1.82) is 0 Å². The Bertz CT molecular complexity index is 578. The molecule has 0 fully saturated rings. The number of hydrogen-bond acceptors (Lipinski definition) is 2. The standard InChI is InChI=1S/C13H15ClFN3/c1-3-8-5-9(4-2)18(17-8)13-6-10(14)11(15)7-12(13)16/h5-7H,3-4,16H2,1-2H3. The summed E-state index contributed by atoms with van der Waals surface area (Å²) in [5.74, 6) is -0.515. The largest absolute Gasteiger partial charge is 0.397 e. The number of nitrogens with two attached hydrogens (primary N) is 1. The molecule has 0 saturated heterocycles. The van der Waals surface area contributed by atoms with Gasteiger partial charge in [0.15, 0.2) is 0 Å². The summed E-state index contributed by atoms with van der Waals surface area (Å²) in [7, 11) is 0. The second-order valence-corrected chi connectivity index (χ2v) is 4.48. The second-order valence-electron chi connectivity index (χ2n) is 4.07. The molecule has 0 amide bonds. The highest BCUT2D eigenvalue weighted by atomic mass is 35.5. The molecule has 0 aliphatic rings. The average Bonchev–Trinajstić information content (AvgIpc) is 2.77. The SMILES string of the molecule is CCc1cc(CC)n(-c2cc(Cl)c(F)cc2N)n1. The molecule has 2 rings (SSSR count). The van der Waals surface area contributed by atoms with Crippen molar-refractivity contribution in [3.8, 4) is 5.69 Å². The molecule has 3 nitrogen and oxygen atoms in total. The van der Waals surface area contributed by atoms with Gasteiger partial charge in [0.1, 0.15) is 5.82 Å². The van der Waals surface area contributed by atoms with E-state index in [-0.39, 0.29) is 5.02 Å². The van der Waals surface area contributed by atoms with E-state index in [9.17, 15) is 4.39 Å². The van der Waals surface area contributed by atoms with Gasteiger partial charge in [-0.15, -0.1) is 0 Å². The second kappa shape index (κ2) is 4.98. The quantitative estimate of drug-likeness (QED) is 0.867. The molecule has 2 N–H and O–H groups in total. The first-order chi connectivity index (χ1) is 8.56. The van der Waals surface area contributed by atoms with Crippen LogP contribution in [0.5, 0.6) is 0 Å². The number of aromatic nitrogens is 2. The van der Waals surface area contributed by atoms with Gasteiger partial charge in [-0.25, -0.2) is 9.07 Å². The lowest BCUT2D eigenvalue weighted by atomic mass is 10.2. The lowest BCUT2D eigenvalue weighted by Crippen LogP contribution is -2.06. The fraction of sp³-hybridized carbons (Fsp3) is 0.308. The lowest BCUT2D eigenvalue weighted by Gasteiger charge is -2.10. The van der Waals surface area contributed by atoms with Crippen LogP contribution in [0.2, 0.25) is 5.02 Å². The molecule has 0 radical (unpaired) electrons. The number of anilines is 1. The number of aryl methyl sites for hydroxylation is 2. The van der Waals surface area contributed by atoms with Crippen LogP contribution < -0.4 is 5.73 Å². The topological polar surface area (TPSA) is 43.8 Å². The molecule has 1 aromatic carbocycles. The van der Waals surface area contributed by atoms with E-state index < -0.39 is 5.82 Å². The van der Waals surface area contributed by atoms with Crippen LogP contribution in [0.4, 0.5) is 10.1 Å². The molecule has 0 aliphatic heterocycles. The number of halogens is 2. The van der Waals surface area contributed by atoms with Crippen molar-refractivity contribution in [3.05, 3.63) is 40.4 Å². The molecule has 2 aromatic rings. The Labute approximate surface area is 110 Å². The smallest absolute Gasteiger partial charge is 0.143 e. The van der Waals surface area contributed by atoms with Crippen molar-refractivity contribution in [2.45, 2.75) is 26.7 Å². The number of benzene rings is 1. The maximum absolute atomic E-state index is 13.3. The normalized spacial score (nSPS) is 10.9. The van der Waals surface area contributed by atoms with Gasteiger partial charge in [-0.3, -0.25) is 0 Å². The number of hydrogen-bond donors (Lipinski definition) is 1. The molecule has 0 unspecified atom stereocenters. The van der Waals surface area contributed by atoms with Gasteiger partial charge in [-0.1, -0.05) is 25.4 Å². The Hall–Kier alpha value is -1.55. The van der Waals surface area contributed by atoms with E-state index in [1.54, 1.807) is 4.68 Å². The molecule has 18 heavy (non-hydrogen) atoms. The first kappa shape index (κ1) is 12.9. The maximum atomic E-state index is 13.3. The maximum Gasteiger partial charge on any atom is 0.143 e. The van der Waals surface area contributed by atoms with Crippen molar-refractivity contribution >= 4 is 17.3 Å². The zero-order valence-corrected chi connectivity index (χ0v) is 11.1. The summed E-state index contributed by atoms with van der Waals surface area (Å²) in [6, 6.07) is 4.76. The van der Waals surface area contributed by atoms with Crippen LogP contribution in [-0.4, -0.2) is 9.78 Å². The molecular weight excluding hydrogens is 253 g/mol. The van der Waals surface area contributed by atoms with Crippen molar-refractivity contribution < 1.29 is 4.39 Å². The summed E-state index contributed by atoms with van der Waals surface area (Å²) in [5.41, 5.74) is 8.80. The van der Waals surface area contributed by atoms with Gasteiger partial charge in [0, 0.05) is 11.8 Å². The third-order valence-electron chi connectivity index (χ3n) is 2.86. The highest BCUT2D eigenvalue weighted by Gasteiger charge is 2.12. The Morgan fingerprint density at radius 3 is 2.61 bits per heavy atom. The van der Waals surface area contributed by atoms with Crippen molar-refractivity contribution in [2.24, 2.45) is 0 Å². The van der Waals surface area contributed by atoms with Crippen LogP contribution in [0, 0.1) is 5.82 Å². The molecule has 1 aromatic heterocycles. The summed E-state index contributed by atoms with van der Waals surface area (Å²) in [4.78, 5) is 0. The van der Waals surface area contributed by atoms with Crippen molar-refractivity contribution in [1.82, 2.24) is 9.78 Å². The average molecular weight is 268 g/mol. The van der Waals surface area contributed by atoms with E-state index >= 15 is 0 Å². The fourth-order valence-corrected chi connectivity index (χ4v) is 2.00. The third kappa shape index (κ3) is 2.20. The summed E-state index contributed by atoms with van der Waals surface area (Å²) < 4.78 is 15.0. The monoisotopic (exact) mass is 267 g/mol. The van der Waals surface area contributed by atoms with Crippen LogP contribution in [0.15, 0.2) is 18.2 Å². The molecule has 96 valence electrons. The van der Waals surface area contributed by atoms with Crippen LogP contribution in [0.3, 0.4) is 0 Å². The van der Waals surface area contributed by atoms with Gasteiger partial charge in [0.2, 0.25) is 0 Å². The summed E-state index contributed by atoms with van der Waals surface area (Å²) >= 11 is 5.80. The number of nitrogen functional groups attached to an aromatic ring is 1. The van der Waals surface area contributed by atoms with Gasteiger partial charge in [-0.2, -0.15) is 5.10 Å². The minimum atomic E-state index is -0.515. The Balaban J connectivity index is 2.60. The predicted octanol–water partition coefficient (Wildman–Crippen LogP) is 3.37. The van der Waals surface area contributed by atoms with E-state index in [1.807, 2.05) is 19.9 Å². The molecule has 0 saturated carbocycles. The van der Waals surface area contributed by atoms with Crippen LogP contribution in [-0.2, 0) is 12.8 Å². The fourth-order valence-electron chi connectivity index (χ4n) is 1.84. The van der Waals surface area contributed by atoms with E-state index in [2.05, 4.69) is 5.10 Å². The predicted molar refractivity (Wildman–Crippen MR) is 71.7 cm³/mol. The Morgan fingerprint density at radius 1 is 1.28 bits per heavy atom. The molecule has 0 atom stereocenters. The first-order valence-corrected chi connectivity index (χ1v) is 6.27. The zero-order valence-electron chi connectivity index (χ0n) is 10.4. The van der Waals surface area contributed by atoms with Gasteiger partial charge in [0.05, 0.1) is 22.1 Å². The van der Waals surface area contributed by atoms with Gasteiger partial charge < -0.3 is 5.73 Å². The Morgan fingerprint density at radius 2 is 2.00 bits per heavy atom. The number of nitrogens with zero attached hydrogens (tertiary/aromatic N) is 2. The third-order valence-corrected chi connectivity index (χ3v) is 3.15. The van der Waals surface area contributed by atoms with Crippen LogP contribution in [0.25, 0.3) is 5.69 Å². The summed E-state index contributed by atoms with van der Waals surface area (Å²) in [6.07, 6.45) is 1.66. The molecular formula is C13H15ClFN3. The lowest BCUT2D eigenvalue weighted by molar-refractivity contribution is 0.628. The Kier molecular flexibility index (Phi) is 3.57. The van der Waals surface area contributed by atoms with E-state index in [4.69, 9.17) is 17.3 Å². The molecule has 1 heterocycles. The molecule has 0 spiro atoms. The van der Waals surface area contributed by atoms with Gasteiger partial charge >= 0.3 is 0 Å². The van der Waals surface area contributed by atoms with Crippen molar-refractivity contribution in [3.63, 3.8) is 0 Å². The highest BCUT2D eigenvalue weighted by molar-refractivity contribution is 6.31. The first-order valence-electron chi connectivity index (χ1n) is 5.89. The van der Waals surface area contributed by atoms with E-state index in [1.165, 1.54) is 12.1 Å². The minimum absolute atomic E-state index is 0.0507. The highest BCUT2D eigenvalue weighted by Crippen LogP contribution is 2.26. The van der Waals surface area contributed by atoms with Gasteiger partial charge in [0.25, 0.3) is 0 Å². The summed E-state index contributed by atoms with van der Waals surface area (Å²) in [6.45, 7) is 4.07. The zero-order chi connectivity index (χ0) is 13.3. The van der Waals surface area contributed by atoms with E-state index in [0.717, 1.165) is 24.2 Å². The van der Waals surface area contributed by atoms with Gasteiger partial charge in [-0.05, 0) is 25.0 Å². The molecule has 0 aliphatic carbocycles. The van der Waals surface area contributed by atoms with Crippen molar-refractivity contribution in [2.75, 3.05) is 5.73 Å². The minimum Gasteiger partial charge on any atom is -0.397 e. The number of rotatable bonds is 3.